The van der Waals surface area contributed by atoms with E-state index in [1.807, 2.05) is 13.8 Å². The summed E-state index contributed by atoms with van der Waals surface area (Å²) in [6.07, 6.45) is 2.82. The molecule has 0 atom stereocenters. The summed E-state index contributed by atoms with van der Waals surface area (Å²) >= 11 is 0. The molecule has 2 aromatic rings. The van der Waals surface area contributed by atoms with E-state index in [0.717, 1.165) is 50.0 Å². The number of nitro benzene ring substituents is 1. The fraction of sp³-hybridized carbons (Fsp3) is 0.333. The van der Waals surface area contributed by atoms with Crippen molar-refractivity contribution in [2.24, 2.45) is 10.2 Å². The lowest BCUT2D eigenvalue weighted by Crippen LogP contribution is -2.25. The maximum Gasteiger partial charge on any atom is 0.272 e. The van der Waals surface area contributed by atoms with Crippen LogP contribution in [-0.4, -0.2) is 32.7 Å². The van der Waals surface area contributed by atoms with Crippen LogP contribution in [0.3, 0.4) is 0 Å². The Morgan fingerprint density at radius 3 is 2.09 bits per heavy atom. The van der Waals surface area contributed by atoms with Crippen LogP contribution in [-0.2, 0) is 10.0 Å². The first-order valence-electron chi connectivity index (χ1n) is 10.0. The molecule has 0 aliphatic carbocycles. The number of non-ortho nitro benzene ring substituents is 1. The van der Waals surface area contributed by atoms with Crippen LogP contribution >= 0.6 is 0 Å². The molecule has 0 aromatic heterocycles. The Kier molecular flexibility index (Phi) is 8.42. The smallest absolute Gasteiger partial charge is 0.272 e. The molecule has 0 amide bonds. The minimum atomic E-state index is -3.64. The lowest BCUT2D eigenvalue weighted by Gasteiger charge is -2.24. The van der Waals surface area contributed by atoms with Crippen LogP contribution in [0.1, 0.15) is 37.8 Å². The zero-order chi connectivity index (χ0) is 24.6. The van der Waals surface area contributed by atoms with Gasteiger partial charge < -0.3 is 4.90 Å². The highest BCUT2D eigenvalue weighted by Gasteiger charge is 2.17. The van der Waals surface area contributed by atoms with E-state index in [1.165, 1.54) is 0 Å². The molecule has 33 heavy (non-hydrogen) atoms. The zero-order valence-corrected chi connectivity index (χ0v) is 19.3. The summed E-state index contributed by atoms with van der Waals surface area (Å²) in [6.45, 7) is 5.66. The first kappa shape index (κ1) is 25.2. The number of nitrogens with zero attached hydrogens (tertiary/aromatic N) is 6. The third kappa shape index (κ3) is 6.72. The van der Waals surface area contributed by atoms with Gasteiger partial charge in [0.25, 0.3) is 5.69 Å². The molecule has 0 spiro atoms. The van der Waals surface area contributed by atoms with Crippen molar-refractivity contribution in [3.05, 3.63) is 51.6 Å². The van der Waals surface area contributed by atoms with Crippen molar-refractivity contribution in [2.75, 3.05) is 29.0 Å². The monoisotopic (exact) mass is 469 g/mol. The molecule has 0 aliphatic heterocycles. The topological polar surface area (TPSA) is 165 Å². The number of nitrogens with one attached hydrogen (secondary N) is 1. The number of nitro groups is 1. The van der Waals surface area contributed by atoms with Crippen LogP contribution in [0.25, 0.3) is 0 Å². The maximum atomic E-state index is 11.9. The van der Waals surface area contributed by atoms with Crippen molar-refractivity contribution in [3.63, 3.8) is 0 Å². The molecule has 2 rings (SSSR count). The van der Waals surface area contributed by atoms with E-state index in [1.54, 1.807) is 30.3 Å². The Bertz CT molecular complexity index is 1220. The van der Waals surface area contributed by atoms with Gasteiger partial charge in [-0.3, -0.25) is 14.8 Å². The summed E-state index contributed by atoms with van der Waals surface area (Å²) in [4.78, 5) is 12.5. The van der Waals surface area contributed by atoms with Crippen LogP contribution in [0.2, 0.25) is 0 Å². The molecule has 0 fully saturated rings. The van der Waals surface area contributed by atoms with Crippen LogP contribution in [0.5, 0.6) is 0 Å². The standard InChI is InChI=1S/C21H23N7O4S/c1-4-8-27(9-5-2)17-6-7-19(20(12-17)26-33(3,31)32)24-25-21-15(13-22)10-18(28(29)30)11-16(21)14-23/h6-7,10-12,26H,4-5,8-9H2,1-3H3/b25-24+. The second-order valence-corrected chi connectivity index (χ2v) is 8.88. The van der Waals surface area contributed by atoms with E-state index >= 15 is 0 Å². The van der Waals surface area contributed by atoms with Gasteiger partial charge >= 0.3 is 0 Å². The van der Waals surface area contributed by atoms with E-state index in [9.17, 15) is 29.1 Å². The first-order valence-corrected chi connectivity index (χ1v) is 11.9. The SMILES string of the molecule is CCCN(CCC)c1ccc(/N=N/c2c(C#N)cc([N+](=O)[O-])cc2C#N)c(NS(C)(=O)=O)c1. The Hall–Kier alpha value is -4.03. The third-order valence-electron chi connectivity index (χ3n) is 4.43. The van der Waals surface area contributed by atoms with Gasteiger partial charge in [-0.05, 0) is 31.0 Å². The first-order chi connectivity index (χ1) is 15.6. The Morgan fingerprint density at radius 1 is 1.06 bits per heavy atom. The number of anilines is 2. The molecule has 2 aromatic carbocycles. The Balaban J connectivity index is 2.60. The maximum absolute atomic E-state index is 11.9. The summed E-state index contributed by atoms with van der Waals surface area (Å²) in [5, 5.41) is 37.8. The van der Waals surface area contributed by atoms with E-state index in [4.69, 9.17) is 0 Å². The third-order valence-corrected chi connectivity index (χ3v) is 5.02. The van der Waals surface area contributed by atoms with Crippen LogP contribution in [0.15, 0.2) is 40.6 Å². The molecule has 0 heterocycles. The van der Waals surface area contributed by atoms with Crippen molar-refractivity contribution >= 4 is 38.5 Å². The average molecular weight is 470 g/mol. The molecule has 1 N–H and O–H groups in total. The molecule has 0 bridgehead atoms. The van der Waals surface area contributed by atoms with Crippen molar-refractivity contribution in [1.29, 1.82) is 10.5 Å². The summed E-state index contributed by atoms with van der Waals surface area (Å²) in [5.74, 6) is 0. The van der Waals surface area contributed by atoms with Crippen LogP contribution in [0, 0.1) is 32.8 Å². The van der Waals surface area contributed by atoms with Gasteiger partial charge in [0.2, 0.25) is 10.0 Å². The minimum Gasteiger partial charge on any atom is -0.371 e. The highest BCUT2D eigenvalue weighted by atomic mass is 32.2. The fourth-order valence-corrected chi connectivity index (χ4v) is 3.67. The molecule has 0 radical (unpaired) electrons. The number of rotatable bonds is 10. The number of benzene rings is 2. The van der Waals surface area contributed by atoms with Crippen LogP contribution < -0.4 is 9.62 Å². The summed E-state index contributed by atoms with van der Waals surface area (Å²) < 4.78 is 26.2. The van der Waals surface area contributed by atoms with Gasteiger partial charge in [-0.25, -0.2) is 8.42 Å². The van der Waals surface area contributed by atoms with Crippen molar-refractivity contribution in [1.82, 2.24) is 0 Å². The van der Waals surface area contributed by atoms with Gasteiger partial charge in [0.15, 0.2) is 0 Å². The molecule has 172 valence electrons. The van der Waals surface area contributed by atoms with Gasteiger partial charge in [0, 0.05) is 30.9 Å². The highest BCUT2D eigenvalue weighted by Crippen LogP contribution is 2.35. The molecule has 0 saturated heterocycles. The highest BCUT2D eigenvalue weighted by molar-refractivity contribution is 7.92. The number of nitriles is 2. The quantitative estimate of drug-likeness (QED) is 0.298. The van der Waals surface area contributed by atoms with E-state index in [2.05, 4.69) is 19.9 Å². The number of sulfonamides is 1. The summed E-state index contributed by atoms with van der Waals surface area (Å²) in [6, 6.07) is 10.6. The van der Waals surface area contributed by atoms with E-state index in [-0.39, 0.29) is 28.2 Å². The molecule has 0 unspecified atom stereocenters. The molecule has 11 nitrogen and oxygen atoms in total. The normalized spacial score (nSPS) is 11.1. The summed E-state index contributed by atoms with van der Waals surface area (Å²) in [7, 11) is -3.64. The van der Waals surface area contributed by atoms with Gasteiger partial charge in [-0.1, -0.05) is 13.8 Å². The zero-order valence-electron chi connectivity index (χ0n) is 18.4. The lowest BCUT2D eigenvalue weighted by molar-refractivity contribution is -0.384. The van der Waals surface area contributed by atoms with Crippen molar-refractivity contribution < 1.29 is 13.3 Å². The van der Waals surface area contributed by atoms with E-state index < -0.39 is 20.6 Å². The molecular formula is C21H23N7O4S. The average Bonchev–Trinajstić information content (AvgIpc) is 2.76. The largest absolute Gasteiger partial charge is 0.371 e. The predicted octanol–water partition coefficient (Wildman–Crippen LogP) is 4.75. The summed E-state index contributed by atoms with van der Waals surface area (Å²) in [5.41, 5.74) is 0.177. The van der Waals surface area contributed by atoms with Crippen molar-refractivity contribution in [3.8, 4) is 12.1 Å². The second-order valence-electron chi connectivity index (χ2n) is 7.13. The number of azo groups is 1. The van der Waals surface area contributed by atoms with Gasteiger partial charge in [-0.15, -0.1) is 10.2 Å². The lowest BCUT2D eigenvalue weighted by atomic mass is 10.1. The van der Waals surface area contributed by atoms with Crippen molar-refractivity contribution in [2.45, 2.75) is 26.7 Å². The Labute approximate surface area is 192 Å². The second kappa shape index (κ2) is 11.0. The Morgan fingerprint density at radius 2 is 1.64 bits per heavy atom. The van der Waals surface area contributed by atoms with Gasteiger partial charge in [0.1, 0.15) is 23.5 Å². The van der Waals surface area contributed by atoms with Gasteiger partial charge in [-0.2, -0.15) is 10.5 Å². The molecular weight excluding hydrogens is 446 g/mol. The van der Waals surface area contributed by atoms with E-state index in [0.29, 0.717) is 0 Å². The number of hydrogen-bond donors (Lipinski definition) is 1. The molecule has 12 heteroatoms. The molecule has 0 aliphatic rings. The minimum absolute atomic E-state index is 0.140. The number of hydrogen-bond acceptors (Lipinski definition) is 9. The molecule has 0 saturated carbocycles. The van der Waals surface area contributed by atoms with Crippen LogP contribution in [0.4, 0.5) is 28.4 Å². The fourth-order valence-electron chi connectivity index (χ4n) is 3.11. The van der Waals surface area contributed by atoms with Gasteiger partial charge in [0.05, 0.1) is 28.0 Å². The predicted molar refractivity (Wildman–Crippen MR) is 124 cm³/mol.